The van der Waals surface area contributed by atoms with Crippen LogP contribution in [0.2, 0.25) is 0 Å². The van der Waals surface area contributed by atoms with Crippen LogP contribution in [-0.2, 0) is 16.3 Å². The van der Waals surface area contributed by atoms with Gasteiger partial charge in [-0.1, -0.05) is 12.1 Å². The van der Waals surface area contributed by atoms with Crippen LogP contribution in [0, 0.1) is 0 Å². The van der Waals surface area contributed by atoms with Crippen molar-refractivity contribution in [2.75, 3.05) is 12.8 Å². The number of aryl methyl sites for hydroxylation is 1. The summed E-state index contributed by atoms with van der Waals surface area (Å²) in [6, 6.07) is 1.27. The molecule has 1 aliphatic rings. The number of aromatic amines is 1. The van der Waals surface area contributed by atoms with Gasteiger partial charge in [-0.25, -0.2) is 8.42 Å². The molecule has 3 heterocycles. The lowest BCUT2D eigenvalue weighted by atomic mass is 9.99. The van der Waals surface area contributed by atoms with Crippen molar-refractivity contribution in [1.82, 2.24) is 20.3 Å². The Balaban J connectivity index is 1.94. The lowest BCUT2D eigenvalue weighted by Gasteiger charge is -2.34. The zero-order chi connectivity index (χ0) is 17.3. The van der Waals surface area contributed by atoms with Crippen LogP contribution in [0.15, 0.2) is 21.7 Å². The van der Waals surface area contributed by atoms with E-state index in [9.17, 15) is 13.2 Å². The van der Waals surface area contributed by atoms with Gasteiger partial charge in [0, 0.05) is 18.9 Å². The molecule has 2 aromatic heterocycles. The Morgan fingerprint density at radius 2 is 2.25 bits per heavy atom. The molecule has 0 radical (unpaired) electrons. The van der Waals surface area contributed by atoms with Crippen molar-refractivity contribution in [2.24, 2.45) is 0 Å². The van der Waals surface area contributed by atoms with Crippen LogP contribution in [0.3, 0.4) is 0 Å². The van der Waals surface area contributed by atoms with Crippen molar-refractivity contribution in [3.8, 4) is 0 Å². The van der Waals surface area contributed by atoms with Crippen LogP contribution in [0.25, 0.3) is 0 Å². The molecule has 1 N–H and O–H groups in total. The fourth-order valence-corrected chi connectivity index (χ4v) is 3.84. The highest BCUT2D eigenvalue weighted by molar-refractivity contribution is 7.90. The number of aromatic nitrogens is 3. The molecular formula is C15H20N4O4S. The Morgan fingerprint density at radius 3 is 2.92 bits per heavy atom. The lowest BCUT2D eigenvalue weighted by Crippen LogP contribution is -2.39. The lowest BCUT2D eigenvalue weighted by molar-refractivity contribution is 0.0560. The normalized spacial score (nSPS) is 18.8. The molecule has 0 bridgehead atoms. The van der Waals surface area contributed by atoms with Crippen molar-refractivity contribution >= 4 is 15.7 Å². The molecule has 1 saturated heterocycles. The van der Waals surface area contributed by atoms with E-state index in [0.717, 1.165) is 19.1 Å². The number of hydrogen-bond donors (Lipinski definition) is 1. The number of piperidine rings is 1. The molecule has 1 atom stereocenters. The Morgan fingerprint density at radius 1 is 1.46 bits per heavy atom. The summed E-state index contributed by atoms with van der Waals surface area (Å²) in [5.41, 5.74) is 1.17. The first kappa shape index (κ1) is 16.7. The SMILES string of the molecule is CCc1cc(C(=O)N2CCCC[C@@H]2c2[nH]ncc2S(C)(=O)=O)on1. The standard InChI is InChI=1S/C15H20N4O4S/c1-3-10-8-12(23-18-10)15(20)19-7-5-4-6-11(19)14-13(9-16-17-14)24(2,21)22/h8-9,11H,3-7H2,1-2H3,(H,16,17)/t11-/m1/s1. The first-order valence-electron chi connectivity index (χ1n) is 7.91. The fraction of sp³-hybridized carbons (Fsp3) is 0.533. The zero-order valence-electron chi connectivity index (χ0n) is 13.7. The molecule has 2 aromatic rings. The molecule has 0 unspecified atom stereocenters. The molecule has 0 spiro atoms. The summed E-state index contributed by atoms with van der Waals surface area (Å²) in [5.74, 6) is -0.0971. The van der Waals surface area contributed by atoms with E-state index in [2.05, 4.69) is 15.4 Å². The third-order valence-corrected chi connectivity index (χ3v) is 5.38. The van der Waals surface area contributed by atoms with Gasteiger partial charge in [0.25, 0.3) is 5.91 Å². The molecule has 1 aliphatic heterocycles. The maximum atomic E-state index is 12.8. The molecule has 130 valence electrons. The van der Waals surface area contributed by atoms with Gasteiger partial charge in [0.1, 0.15) is 4.90 Å². The number of nitrogens with one attached hydrogen (secondary N) is 1. The first-order chi connectivity index (χ1) is 11.4. The average Bonchev–Trinajstić information content (AvgIpc) is 3.22. The van der Waals surface area contributed by atoms with Gasteiger partial charge >= 0.3 is 0 Å². The summed E-state index contributed by atoms with van der Waals surface area (Å²) in [6.07, 6.45) is 5.56. The van der Waals surface area contributed by atoms with Gasteiger partial charge in [0.15, 0.2) is 9.84 Å². The summed E-state index contributed by atoms with van der Waals surface area (Å²) in [7, 11) is -3.42. The Kier molecular flexibility index (Phi) is 4.44. The molecule has 8 nitrogen and oxygen atoms in total. The van der Waals surface area contributed by atoms with Crippen molar-refractivity contribution in [3.63, 3.8) is 0 Å². The monoisotopic (exact) mass is 352 g/mol. The van der Waals surface area contributed by atoms with Crippen molar-refractivity contribution in [1.29, 1.82) is 0 Å². The molecule has 9 heteroatoms. The first-order valence-corrected chi connectivity index (χ1v) is 9.80. The van der Waals surface area contributed by atoms with Gasteiger partial charge in [0.2, 0.25) is 5.76 Å². The van der Waals surface area contributed by atoms with E-state index in [-0.39, 0.29) is 22.6 Å². The van der Waals surface area contributed by atoms with E-state index < -0.39 is 9.84 Å². The molecule has 24 heavy (non-hydrogen) atoms. The van der Waals surface area contributed by atoms with E-state index >= 15 is 0 Å². The van der Waals surface area contributed by atoms with Gasteiger partial charge in [-0.2, -0.15) is 5.10 Å². The number of carbonyl (C=O) groups excluding carboxylic acids is 1. The highest BCUT2D eigenvalue weighted by Gasteiger charge is 2.34. The summed E-state index contributed by atoms with van der Waals surface area (Å²) in [5, 5.41) is 10.5. The Bertz CT molecular complexity index is 839. The molecule has 1 fully saturated rings. The molecular weight excluding hydrogens is 332 g/mol. The minimum atomic E-state index is -3.42. The zero-order valence-corrected chi connectivity index (χ0v) is 14.5. The maximum absolute atomic E-state index is 12.8. The van der Waals surface area contributed by atoms with Crippen molar-refractivity contribution in [3.05, 3.63) is 29.4 Å². The largest absolute Gasteiger partial charge is 0.351 e. The fourth-order valence-electron chi connectivity index (χ4n) is 3.01. The topological polar surface area (TPSA) is 109 Å². The number of H-pyrrole nitrogens is 1. The average molecular weight is 352 g/mol. The van der Waals surface area contributed by atoms with Crippen LogP contribution < -0.4 is 0 Å². The van der Waals surface area contributed by atoms with Crippen LogP contribution in [0.5, 0.6) is 0 Å². The van der Waals surface area contributed by atoms with Gasteiger partial charge in [-0.3, -0.25) is 9.89 Å². The Hall–Kier alpha value is -2.16. The Labute approximate surface area is 140 Å². The number of sulfone groups is 1. The number of likely N-dealkylation sites (tertiary alicyclic amines) is 1. The smallest absolute Gasteiger partial charge is 0.293 e. The number of carbonyl (C=O) groups is 1. The molecule has 1 amide bonds. The number of nitrogens with zero attached hydrogens (tertiary/aromatic N) is 3. The number of hydrogen-bond acceptors (Lipinski definition) is 6. The van der Waals surface area contributed by atoms with Crippen molar-refractivity contribution in [2.45, 2.75) is 43.5 Å². The minimum absolute atomic E-state index is 0.138. The quantitative estimate of drug-likeness (QED) is 0.897. The predicted molar refractivity (Wildman–Crippen MR) is 85.2 cm³/mol. The molecule has 0 saturated carbocycles. The molecule has 3 rings (SSSR count). The van der Waals surface area contributed by atoms with E-state index in [4.69, 9.17) is 4.52 Å². The van der Waals surface area contributed by atoms with Gasteiger partial charge < -0.3 is 9.42 Å². The minimum Gasteiger partial charge on any atom is -0.351 e. The number of rotatable bonds is 4. The van der Waals surface area contributed by atoms with Gasteiger partial charge in [-0.15, -0.1) is 0 Å². The maximum Gasteiger partial charge on any atom is 0.293 e. The van der Waals surface area contributed by atoms with E-state index in [1.165, 1.54) is 6.20 Å². The predicted octanol–water partition coefficient (Wildman–Crippen LogP) is 1.73. The highest BCUT2D eigenvalue weighted by atomic mass is 32.2. The summed E-state index contributed by atoms with van der Waals surface area (Å²) in [4.78, 5) is 14.6. The summed E-state index contributed by atoms with van der Waals surface area (Å²) < 4.78 is 29.1. The van der Waals surface area contributed by atoms with Gasteiger partial charge in [-0.05, 0) is 25.7 Å². The van der Waals surface area contributed by atoms with Crippen LogP contribution in [-0.4, -0.2) is 47.4 Å². The summed E-state index contributed by atoms with van der Waals surface area (Å²) in [6.45, 7) is 2.46. The molecule has 0 aromatic carbocycles. The highest BCUT2D eigenvalue weighted by Crippen LogP contribution is 2.34. The second kappa shape index (κ2) is 6.39. The van der Waals surface area contributed by atoms with E-state index in [1.807, 2.05) is 6.92 Å². The number of amides is 1. The second-order valence-electron chi connectivity index (χ2n) is 5.97. The van der Waals surface area contributed by atoms with E-state index in [0.29, 0.717) is 30.8 Å². The van der Waals surface area contributed by atoms with Crippen molar-refractivity contribution < 1.29 is 17.7 Å². The molecule has 0 aliphatic carbocycles. The van der Waals surface area contributed by atoms with Crippen LogP contribution in [0.1, 0.15) is 54.2 Å². The third-order valence-electron chi connectivity index (χ3n) is 4.26. The van der Waals surface area contributed by atoms with Gasteiger partial charge in [0.05, 0.1) is 23.6 Å². The second-order valence-corrected chi connectivity index (χ2v) is 7.95. The van der Waals surface area contributed by atoms with Crippen LogP contribution in [0.4, 0.5) is 0 Å². The van der Waals surface area contributed by atoms with Crippen LogP contribution >= 0.6 is 0 Å². The third kappa shape index (κ3) is 3.08. The summed E-state index contributed by atoms with van der Waals surface area (Å²) >= 11 is 0. The van der Waals surface area contributed by atoms with E-state index in [1.54, 1.807) is 11.0 Å².